The average molecular weight is 442 g/mol. The van der Waals surface area contributed by atoms with Gasteiger partial charge in [0.1, 0.15) is 10.5 Å². The van der Waals surface area contributed by atoms with Crippen LogP contribution >= 0.6 is 46.0 Å². The van der Waals surface area contributed by atoms with Gasteiger partial charge in [-0.3, -0.25) is 10.2 Å². The number of hydrogen-bond acceptors (Lipinski definition) is 9. The number of nitrogens with one attached hydrogen (secondary N) is 1. The Balaban J connectivity index is 1.31. The highest BCUT2D eigenvalue weighted by Crippen LogP contribution is 2.37. The Kier molecular flexibility index (Phi) is 6.21. The topological polar surface area (TPSA) is 80.2 Å². The summed E-state index contributed by atoms with van der Waals surface area (Å²) in [6, 6.07) is 5.76. The zero-order valence-electron chi connectivity index (χ0n) is 14.2. The van der Waals surface area contributed by atoms with Gasteiger partial charge >= 0.3 is 0 Å². The fraction of sp³-hybridized carbons (Fsp3) is 0.375. The Hall–Kier alpha value is -1.30. The molecule has 1 saturated heterocycles. The van der Waals surface area contributed by atoms with Crippen LogP contribution in [0.1, 0.15) is 11.4 Å². The van der Waals surface area contributed by atoms with Gasteiger partial charge in [0.15, 0.2) is 8.68 Å². The van der Waals surface area contributed by atoms with Crippen molar-refractivity contribution in [2.75, 3.05) is 26.3 Å². The molecular weight excluding hydrogens is 426 g/mol. The van der Waals surface area contributed by atoms with Crippen molar-refractivity contribution < 1.29 is 9.53 Å². The molecule has 1 amide bonds. The average Bonchev–Trinajstić information content (AvgIpc) is 3.28. The summed E-state index contributed by atoms with van der Waals surface area (Å²) in [5.41, 5.74) is 3.72. The molecule has 3 heterocycles. The zero-order valence-corrected chi connectivity index (χ0v) is 17.4. The van der Waals surface area contributed by atoms with Crippen LogP contribution in [-0.4, -0.2) is 52.4 Å². The monoisotopic (exact) mass is 441 g/mol. The molecule has 142 valence electrons. The smallest absolute Gasteiger partial charge is 0.234 e. The van der Waals surface area contributed by atoms with Crippen LogP contribution in [0.2, 0.25) is 5.02 Å². The quantitative estimate of drug-likeness (QED) is 0.628. The summed E-state index contributed by atoms with van der Waals surface area (Å²) in [5, 5.41) is 11.8. The van der Waals surface area contributed by atoms with Crippen molar-refractivity contribution >= 4 is 62.2 Å². The lowest BCUT2D eigenvalue weighted by molar-refractivity contribution is -0.127. The number of fused-ring (bicyclic) bond motifs is 1. The van der Waals surface area contributed by atoms with Crippen LogP contribution in [0.15, 0.2) is 26.9 Å². The van der Waals surface area contributed by atoms with E-state index in [2.05, 4.69) is 20.6 Å². The van der Waals surface area contributed by atoms with E-state index in [1.165, 1.54) is 23.1 Å². The number of amides is 1. The minimum absolute atomic E-state index is 0.0119. The van der Waals surface area contributed by atoms with E-state index < -0.39 is 0 Å². The van der Waals surface area contributed by atoms with Crippen molar-refractivity contribution in [2.45, 2.75) is 21.5 Å². The lowest BCUT2D eigenvalue weighted by Crippen LogP contribution is -2.48. The van der Waals surface area contributed by atoms with E-state index in [1.807, 2.05) is 23.2 Å². The van der Waals surface area contributed by atoms with Crippen LogP contribution in [0.3, 0.4) is 0 Å². The number of morpholine rings is 1. The summed E-state index contributed by atoms with van der Waals surface area (Å²) in [6.45, 7) is 2.73. The third-order valence-electron chi connectivity index (χ3n) is 3.83. The minimum atomic E-state index is -0.0119. The van der Waals surface area contributed by atoms with E-state index in [-0.39, 0.29) is 5.91 Å². The molecule has 3 aromatic rings. The molecule has 7 nitrogen and oxygen atoms in total. The first-order chi connectivity index (χ1) is 13.2. The number of nitrogens with zero attached hydrogens (tertiary/aromatic N) is 4. The third kappa shape index (κ3) is 4.95. The van der Waals surface area contributed by atoms with Crippen LogP contribution in [0, 0.1) is 0 Å². The summed E-state index contributed by atoms with van der Waals surface area (Å²) in [6.07, 6.45) is 0.952. The molecule has 0 spiro atoms. The van der Waals surface area contributed by atoms with Crippen molar-refractivity contribution in [1.82, 2.24) is 25.6 Å². The normalized spacial score (nSPS) is 15.3. The summed E-state index contributed by atoms with van der Waals surface area (Å²) >= 11 is 10.7. The fourth-order valence-electron chi connectivity index (χ4n) is 2.52. The fourth-order valence-corrected chi connectivity index (χ4v) is 5.98. The highest BCUT2D eigenvalue weighted by molar-refractivity contribution is 8.02. The zero-order chi connectivity index (χ0) is 18.6. The highest BCUT2D eigenvalue weighted by atomic mass is 35.5. The summed E-state index contributed by atoms with van der Waals surface area (Å²) in [4.78, 5) is 16.6. The maximum Gasteiger partial charge on any atom is 0.234 e. The number of aromatic nitrogens is 3. The van der Waals surface area contributed by atoms with E-state index in [9.17, 15) is 4.79 Å². The standard InChI is InChI=1S/C16H16ClN5O2S3/c17-10-2-1-3-11-14(10)18-15(25-11)27-16-20-19-13(26-16)5-4-12(23)21-22-6-8-24-9-7-22/h1-3H,4-9H2,(H,21,23). The van der Waals surface area contributed by atoms with Gasteiger partial charge in [-0.1, -0.05) is 29.0 Å². The van der Waals surface area contributed by atoms with Crippen LogP contribution in [0.25, 0.3) is 10.2 Å². The summed E-state index contributed by atoms with van der Waals surface area (Å²) < 4.78 is 8.01. The molecule has 2 aromatic heterocycles. The molecule has 0 radical (unpaired) electrons. The molecule has 11 heteroatoms. The Bertz CT molecular complexity index is 941. The molecule has 0 atom stereocenters. The predicted octanol–water partition coefficient (Wildman–Crippen LogP) is 3.25. The number of para-hydroxylation sites is 1. The molecular formula is C16H16ClN5O2S3. The summed E-state index contributed by atoms with van der Waals surface area (Å²) in [7, 11) is 0. The maximum atomic E-state index is 12.1. The van der Waals surface area contributed by atoms with Crippen LogP contribution in [0.5, 0.6) is 0 Å². The molecule has 1 N–H and O–H groups in total. The highest BCUT2D eigenvalue weighted by Gasteiger charge is 2.15. The SMILES string of the molecule is O=C(CCc1nnc(Sc2nc3c(Cl)cccc3s2)s1)NN1CCOCC1. The molecule has 0 aliphatic carbocycles. The first kappa shape index (κ1) is 19.0. The van der Waals surface area contributed by atoms with E-state index >= 15 is 0 Å². The number of hydrazine groups is 1. The molecule has 1 aliphatic rings. The van der Waals surface area contributed by atoms with E-state index in [1.54, 1.807) is 11.3 Å². The molecule has 0 unspecified atom stereocenters. The van der Waals surface area contributed by atoms with Crippen LogP contribution in [-0.2, 0) is 16.0 Å². The molecule has 27 heavy (non-hydrogen) atoms. The van der Waals surface area contributed by atoms with Gasteiger partial charge in [-0.05, 0) is 23.9 Å². The van der Waals surface area contributed by atoms with E-state index in [4.69, 9.17) is 16.3 Å². The number of carbonyl (C=O) groups excluding carboxylic acids is 1. The summed E-state index contributed by atoms with van der Waals surface area (Å²) in [5.74, 6) is -0.0119. The van der Waals surface area contributed by atoms with Crippen molar-refractivity contribution in [3.63, 3.8) is 0 Å². The van der Waals surface area contributed by atoms with Gasteiger partial charge in [0.2, 0.25) is 5.91 Å². The van der Waals surface area contributed by atoms with Crippen molar-refractivity contribution in [3.8, 4) is 0 Å². The third-order valence-corrected chi connectivity index (χ3v) is 7.25. The number of thiazole rings is 1. The molecule has 4 rings (SSSR count). The predicted molar refractivity (Wildman–Crippen MR) is 108 cm³/mol. The number of halogens is 1. The Labute approximate surface area is 173 Å². The first-order valence-corrected chi connectivity index (χ1v) is 11.2. The lowest BCUT2D eigenvalue weighted by Gasteiger charge is -2.26. The number of ether oxygens (including phenoxy) is 1. The molecule has 1 fully saturated rings. The Morgan fingerprint density at radius 1 is 1.26 bits per heavy atom. The number of hydrogen-bond donors (Lipinski definition) is 1. The van der Waals surface area contributed by atoms with Gasteiger partial charge in [0, 0.05) is 25.9 Å². The molecule has 1 aliphatic heterocycles. The van der Waals surface area contributed by atoms with Gasteiger partial charge in [0.25, 0.3) is 0 Å². The first-order valence-electron chi connectivity index (χ1n) is 8.35. The minimum Gasteiger partial charge on any atom is -0.379 e. The van der Waals surface area contributed by atoms with Gasteiger partial charge < -0.3 is 4.74 Å². The van der Waals surface area contributed by atoms with Crippen LogP contribution in [0.4, 0.5) is 0 Å². The van der Waals surface area contributed by atoms with Gasteiger partial charge in [-0.2, -0.15) is 0 Å². The van der Waals surface area contributed by atoms with E-state index in [0.717, 1.165) is 37.0 Å². The van der Waals surface area contributed by atoms with Crippen LogP contribution < -0.4 is 5.43 Å². The molecule has 0 saturated carbocycles. The number of benzene rings is 1. The maximum absolute atomic E-state index is 12.1. The van der Waals surface area contributed by atoms with Gasteiger partial charge in [0.05, 0.1) is 22.9 Å². The second kappa shape index (κ2) is 8.80. The van der Waals surface area contributed by atoms with Gasteiger partial charge in [-0.25, -0.2) is 9.99 Å². The number of carbonyl (C=O) groups is 1. The number of aryl methyl sites for hydroxylation is 1. The van der Waals surface area contributed by atoms with Gasteiger partial charge in [-0.15, -0.1) is 21.5 Å². The number of rotatable bonds is 6. The molecule has 0 bridgehead atoms. The lowest BCUT2D eigenvalue weighted by atomic mass is 10.3. The largest absolute Gasteiger partial charge is 0.379 e. The van der Waals surface area contributed by atoms with Crippen molar-refractivity contribution in [1.29, 1.82) is 0 Å². The second-order valence-corrected chi connectivity index (χ2v) is 9.76. The Morgan fingerprint density at radius 3 is 2.93 bits per heavy atom. The van der Waals surface area contributed by atoms with Crippen molar-refractivity contribution in [2.24, 2.45) is 0 Å². The van der Waals surface area contributed by atoms with E-state index in [0.29, 0.717) is 31.1 Å². The Morgan fingerprint density at radius 2 is 2.11 bits per heavy atom. The van der Waals surface area contributed by atoms with Crippen molar-refractivity contribution in [3.05, 3.63) is 28.2 Å². The molecule has 1 aromatic carbocycles. The second-order valence-electron chi connectivity index (χ2n) is 5.76.